The first-order valence-electron chi connectivity index (χ1n) is 20.6. The van der Waals surface area contributed by atoms with Gasteiger partial charge in [0.25, 0.3) is 0 Å². The van der Waals surface area contributed by atoms with Crippen molar-refractivity contribution in [2.24, 2.45) is 0 Å². The van der Waals surface area contributed by atoms with Crippen LogP contribution in [-0.2, 0) is 4.79 Å². The van der Waals surface area contributed by atoms with Crippen LogP contribution in [0.5, 0.6) is 0 Å². The van der Waals surface area contributed by atoms with Crippen LogP contribution in [0.25, 0.3) is 0 Å². The van der Waals surface area contributed by atoms with E-state index in [2.05, 4.69) is 67.8 Å². The van der Waals surface area contributed by atoms with Crippen molar-refractivity contribution in [1.29, 1.82) is 0 Å². The number of aliphatic hydroxyl groups is 3. The number of rotatable bonds is 36. The maximum Gasteiger partial charge on any atom is 0.249 e. The number of amides is 1. The highest BCUT2D eigenvalue weighted by atomic mass is 16.3. The van der Waals surface area contributed by atoms with Gasteiger partial charge in [0.15, 0.2) is 0 Å². The van der Waals surface area contributed by atoms with E-state index in [4.69, 9.17) is 0 Å². The van der Waals surface area contributed by atoms with Crippen LogP contribution in [0.15, 0.2) is 60.8 Å². The average Bonchev–Trinajstić information content (AvgIpc) is 3.11. The van der Waals surface area contributed by atoms with Gasteiger partial charge in [-0.1, -0.05) is 177 Å². The molecule has 0 aromatic carbocycles. The summed E-state index contributed by atoms with van der Waals surface area (Å²) >= 11 is 0. The van der Waals surface area contributed by atoms with Crippen LogP contribution in [0.2, 0.25) is 0 Å². The largest absolute Gasteiger partial charge is 0.394 e. The van der Waals surface area contributed by atoms with Gasteiger partial charge in [0.2, 0.25) is 5.91 Å². The van der Waals surface area contributed by atoms with Crippen molar-refractivity contribution in [1.82, 2.24) is 5.32 Å². The Morgan fingerprint density at radius 1 is 0.510 bits per heavy atom. The molecule has 0 aromatic rings. The summed E-state index contributed by atoms with van der Waals surface area (Å²) in [5, 5.41) is 33.0. The SMILES string of the molecule is CCCCC/C=C\C=C/CCCCCCCCCCCC(O)C(=O)NC(CO)C(O)/C=C/CC/C=C/CC/C=C/CCCCCCCCC. The van der Waals surface area contributed by atoms with Crippen LogP contribution in [0.3, 0.4) is 0 Å². The van der Waals surface area contributed by atoms with Gasteiger partial charge in [-0.05, 0) is 70.6 Å². The summed E-state index contributed by atoms with van der Waals surface area (Å²) < 4.78 is 0. The van der Waals surface area contributed by atoms with E-state index in [9.17, 15) is 20.1 Å². The van der Waals surface area contributed by atoms with Gasteiger partial charge in [-0.3, -0.25) is 4.79 Å². The van der Waals surface area contributed by atoms with Crippen molar-refractivity contribution in [3.63, 3.8) is 0 Å². The zero-order valence-electron chi connectivity index (χ0n) is 32.1. The highest BCUT2D eigenvalue weighted by Crippen LogP contribution is 2.13. The first kappa shape index (κ1) is 47.0. The van der Waals surface area contributed by atoms with Crippen molar-refractivity contribution in [3.8, 4) is 0 Å². The van der Waals surface area contributed by atoms with Gasteiger partial charge >= 0.3 is 0 Å². The van der Waals surface area contributed by atoms with Crippen LogP contribution < -0.4 is 5.32 Å². The summed E-state index contributed by atoms with van der Waals surface area (Å²) in [5.41, 5.74) is 0. The van der Waals surface area contributed by atoms with Crippen LogP contribution >= 0.6 is 0 Å². The van der Waals surface area contributed by atoms with Crippen molar-refractivity contribution in [2.45, 2.75) is 205 Å². The maximum atomic E-state index is 12.4. The number of carbonyl (C=O) groups excluding carboxylic acids is 1. The van der Waals surface area contributed by atoms with Gasteiger partial charge in [0, 0.05) is 0 Å². The number of unbranched alkanes of at least 4 members (excludes halogenated alkanes) is 21. The minimum Gasteiger partial charge on any atom is -0.394 e. The average molecular weight is 686 g/mol. The summed E-state index contributed by atoms with van der Waals surface area (Å²) in [6, 6.07) is -0.824. The molecule has 3 atom stereocenters. The van der Waals surface area contributed by atoms with E-state index in [-0.39, 0.29) is 6.61 Å². The van der Waals surface area contributed by atoms with E-state index in [0.717, 1.165) is 44.9 Å². The number of carbonyl (C=O) groups is 1. The molecule has 1 amide bonds. The molecule has 284 valence electrons. The third-order valence-corrected chi connectivity index (χ3v) is 9.09. The summed E-state index contributed by atoms with van der Waals surface area (Å²) in [4.78, 5) is 12.4. The van der Waals surface area contributed by atoms with E-state index in [1.807, 2.05) is 6.08 Å². The molecule has 0 saturated carbocycles. The number of aliphatic hydroxyl groups excluding tert-OH is 3. The summed E-state index contributed by atoms with van der Waals surface area (Å²) in [6.07, 6.45) is 50.9. The Hall–Kier alpha value is -1.95. The third-order valence-electron chi connectivity index (χ3n) is 9.09. The summed E-state index contributed by atoms with van der Waals surface area (Å²) in [6.45, 7) is 4.11. The van der Waals surface area contributed by atoms with Crippen molar-refractivity contribution in [3.05, 3.63) is 60.8 Å². The molecule has 3 unspecified atom stereocenters. The van der Waals surface area contributed by atoms with E-state index >= 15 is 0 Å². The van der Waals surface area contributed by atoms with Crippen LogP contribution in [0.4, 0.5) is 0 Å². The Kier molecular flexibility index (Phi) is 37.3. The number of nitrogens with one attached hydrogen (secondary N) is 1. The fourth-order valence-electron chi connectivity index (χ4n) is 5.79. The Labute approximate surface area is 303 Å². The molecule has 0 aliphatic heterocycles. The highest BCUT2D eigenvalue weighted by molar-refractivity contribution is 5.80. The number of hydrogen-bond donors (Lipinski definition) is 4. The predicted octanol–water partition coefficient (Wildman–Crippen LogP) is 11.5. The molecule has 0 bridgehead atoms. The van der Waals surface area contributed by atoms with Crippen LogP contribution in [-0.4, -0.2) is 46.1 Å². The van der Waals surface area contributed by atoms with Crippen LogP contribution in [0.1, 0.15) is 187 Å². The molecule has 0 spiro atoms. The zero-order valence-corrected chi connectivity index (χ0v) is 32.1. The summed E-state index contributed by atoms with van der Waals surface area (Å²) in [5.74, 6) is -0.524. The monoisotopic (exact) mass is 686 g/mol. The first-order chi connectivity index (χ1) is 24.1. The molecule has 4 N–H and O–H groups in total. The second kappa shape index (κ2) is 38.8. The lowest BCUT2D eigenvalue weighted by molar-refractivity contribution is -0.131. The molecule has 0 saturated heterocycles. The zero-order chi connectivity index (χ0) is 35.9. The third kappa shape index (κ3) is 34.3. The van der Waals surface area contributed by atoms with Gasteiger partial charge in [-0.15, -0.1) is 0 Å². The topological polar surface area (TPSA) is 89.8 Å². The fourth-order valence-corrected chi connectivity index (χ4v) is 5.79. The molecule has 5 nitrogen and oxygen atoms in total. The van der Waals surface area contributed by atoms with Crippen molar-refractivity contribution < 1.29 is 20.1 Å². The maximum absolute atomic E-state index is 12.4. The lowest BCUT2D eigenvalue weighted by Gasteiger charge is -2.21. The first-order valence-corrected chi connectivity index (χ1v) is 20.6. The quantitative estimate of drug-likeness (QED) is 0.0300. The lowest BCUT2D eigenvalue weighted by Crippen LogP contribution is -2.48. The molecular formula is C44H79NO4. The molecule has 0 aliphatic rings. The normalized spacial score (nSPS) is 14.3. The minimum atomic E-state index is -1.11. The van der Waals surface area contributed by atoms with Gasteiger partial charge in [0.1, 0.15) is 6.10 Å². The van der Waals surface area contributed by atoms with Gasteiger partial charge in [0.05, 0.1) is 18.8 Å². The standard InChI is InChI=1S/C44H79NO4/c1-3-5-7-9-11-13-15-17-19-21-23-25-27-29-31-33-35-37-39-43(48)44(49)45-41(40-46)42(47)38-36-34-32-30-28-26-24-22-20-18-16-14-12-10-8-6-4-2/h11,13,15,17,20,22,28,30,36,38,41-43,46-48H,3-10,12,14,16,18-19,21,23-27,29,31-35,37,39-40H2,1-2H3,(H,45,49)/b13-11-,17-15-,22-20+,30-28+,38-36+. The van der Waals surface area contributed by atoms with Crippen molar-refractivity contribution in [2.75, 3.05) is 6.61 Å². The van der Waals surface area contributed by atoms with Crippen LogP contribution in [0, 0.1) is 0 Å². The second-order valence-corrected chi connectivity index (χ2v) is 13.9. The fraction of sp³-hybridized carbons (Fsp3) is 0.750. The van der Waals surface area contributed by atoms with E-state index < -0.39 is 24.2 Å². The lowest BCUT2D eigenvalue weighted by atomic mass is 10.0. The highest BCUT2D eigenvalue weighted by Gasteiger charge is 2.22. The van der Waals surface area contributed by atoms with E-state index in [1.54, 1.807) is 6.08 Å². The van der Waals surface area contributed by atoms with E-state index in [1.165, 1.54) is 122 Å². The molecule has 0 rings (SSSR count). The molecule has 0 aromatic heterocycles. The van der Waals surface area contributed by atoms with Crippen molar-refractivity contribution >= 4 is 5.91 Å². The van der Waals surface area contributed by atoms with Gasteiger partial charge in [-0.25, -0.2) is 0 Å². The predicted molar refractivity (Wildman–Crippen MR) is 213 cm³/mol. The Morgan fingerprint density at radius 2 is 0.898 bits per heavy atom. The molecule has 0 aliphatic carbocycles. The molecule has 49 heavy (non-hydrogen) atoms. The molecule has 0 fully saturated rings. The smallest absolute Gasteiger partial charge is 0.249 e. The van der Waals surface area contributed by atoms with Gasteiger partial charge in [-0.2, -0.15) is 0 Å². The summed E-state index contributed by atoms with van der Waals surface area (Å²) in [7, 11) is 0. The molecular weight excluding hydrogens is 606 g/mol. The van der Waals surface area contributed by atoms with E-state index in [0.29, 0.717) is 6.42 Å². The minimum absolute atomic E-state index is 0.385. The Balaban J connectivity index is 3.80. The molecule has 5 heteroatoms. The Bertz CT molecular complexity index is 846. The molecule has 0 radical (unpaired) electrons. The molecule has 0 heterocycles. The number of hydrogen-bond acceptors (Lipinski definition) is 4. The van der Waals surface area contributed by atoms with Gasteiger partial charge < -0.3 is 20.6 Å². The second-order valence-electron chi connectivity index (χ2n) is 13.9. The number of allylic oxidation sites excluding steroid dienone is 9. The Morgan fingerprint density at radius 3 is 1.41 bits per heavy atom.